The molecule has 2 aromatic rings. The van der Waals surface area contributed by atoms with E-state index in [1.165, 1.54) is 11.8 Å². The molecule has 0 aliphatic heterocycles. The molecule has 3 N–H and O–H groups in total. The van der Waals surface area contributed by atoms with Crippen LogP contribution >= 0.6 is 11.8 Å². The smallest absolute Gasteiger partial charge is 0.307 e. The molecule has 0 saturated heterocycles. The van der Waals surface area contributed by atoms with Crippen LogP contribution in [0, 0.1) is 11.8 Å². The lowest BCUT2D eigenvalue weighted by Crippen LogP contribution is -2.34. The van der Waals surface area contributed by atoms with Gasteiger partial charge in [-0.3, -0.25) is 14.4 Å². The number of nitrogens with one attached hydrogen (secondary N) is 2. The molecular formula is C25H28N2O6S. The van der Waals surface area contributed by atoms with Gasteiger partial charge in [0.05, 0.1) is 31.3 Å². The topological polar surface area (TPSA) is 114 Å². The Morgan fingerprint density at radius 1 is 0.912 bits per heavy atom. The number of carbonyl (C=O) groups is 3. The predicted molar refractivity (Wildman–Crippen MR) is 132 cm³/mol. The first-order chi connectivity index (χ1) is 16.3. The number of hydrogen-bond acceptors (Lipinski definition) is 6. The van der Waals surface area contributed by atoms with E-state index in [9.17, 15) is 19.5 Å². The summed E-state index contributed by atoms with van der Waals surface area (Å²) in [6.07, 6.45) is 4.40. The molecule has 0 heterocycles. The summed E-state index contributed by atoms with van der Waals surface area (Å²) in [7, 11) is 3.09. The van der Waals surface area contributed by atoms with Gasteiger partial charge >= 0.3 is 5.97 Å². The molecule has 1 aliphatic carbocycles. The monoisotopic (exact) mass is 484 g/mol. The van der Waals surface area contributed by atoms with Crippen LogP contribution < -0.4 is 20.1 Å². The maximum atomic E-state index is 12.7. The molecule has 0 fully saturated rings. The molecule has 1 aliphatic rings. The van der Waals surface area contributed by atoms with Crippen LogP contribution in [0.3, 0.4) is 0 Å². The molecule has 0 saturated carbocycles. The lowest BCUT2D eigenvalue weighted by Gasteiger charge is -2.24. The molecule has 3 atom stereocenters. The molecule has 0 bridgehead atoms. The van der Waals surface area contributed by atoms with Gasteiger partial charge in [-0.15, -0.1) is 11.8 Å². The second-order valence-corrected chi connectivity index (χ2v) is 9.27. The molecular weight excluding hydrogens is 456 g/mol. The summed E-state index contributed by atoms with van der Waals surface area (Å²) in [5.41, 5.74) is 1.15. The van der Waals surface area contributed by atoms with Gasteiger partial charge in [-0.2, -0.15) is 0 Å². The van der Waals surface area contributed by atoms with Crippen molar-refractivity contribution in [2.24, 2.45) is 11.8 Å². The summed E-state index contributed by atoms with van der Waals surface area (Å²) < 4.78 is 10.5. The first kappa shape index (κ1) is 25.2. The van der Waals surface area contributed by atoms with E-state index in [-0.39, 0.29) is 17.1 Å². The lowest BCUT2D eigenvalue weighted by atomic mass is 9.82. The Morgan fingerprint density at radius 3 is 2.06 bits per heavy atom. The van der Waals surface area contributed by atoms with E-state index in [0.717, 1.165) is 4.90 Å². The number of benzene rings is 2. The maximum Gasteiger partial charge on any atom is 0.307 e. The Morgan fingerprint density at radius 2 is 1.50 bits per heavy atom. The van der Waals surface area contributed by atoms with Gasteiger partial charge in [0.2, 0.25) is 11.8 Å². The van der Waals surface area contributed by atoms with E-state index in [1.807, 2.05) is 18.2 Å². The number of carboxylic acids is 1. The molecule has 0 radical (unpaired) electrons. The average Bonchev–Trinajstić information content (AvgIpc) is 2.84. The fraction of sp³-hybridized carbons (Fsp3) is 0.320. The minimum atomic E-state index is -0.962. The van der Waals surface area contributed by atoms with Crippen molar-refractivity contribution in [1.29, 1.82) is 0 Å². The number of methoxy groups -OCH3 is 2. The van der Waals surface area contributed by atoms with E-state index >= 15 is 0 Å². The van der Waals surface area contributed by atoms with Crippen LogP contribution in [-0.2, 0) is 14.4 Å². The molecule has 2 aromatic carbocycles. The summed E-state index contributed by atoms with van der Waals surface area (Å²) in [6.45, 7) is 1.80. The van der Waals surface area contributed by atoms with Crippen LogP contribution in [0.5, 0.6) is 11.5 Å². The molecule has 0 aromatic heterocycles. The normalized spacial score (nSPS) is 18.0. The van der Waals surface area contributed by atoms with Crippen LogP contribution in [0.4, 0.5) is 11.4 Å². The number of allylic oxidation sites excluding steroid dienone is 2. The van der Waals surface area contributed by atoms with Crippen molar-refractivity contribution < 1.29 is 29.0 Å². The lowest BCUT2D eigenvalue weighted by molar-refractivity contribution is -0.146. The van der Waals surface area contributed by atoms with Gasteiger partial charge < -0.3 is 25.2 Å². The maximum absolute atomic E-state index is 12.7. The number of thioether (sulfide) groups is 1. The summed E-state index contributed by atoms with van der Waals surface area (Å²) in [4.78, 5) is 37.6. The van der Waals surface area contributed by atoms with E-state index in [2.05, 4.69) is 10.6 Å². The number of ether oxygens (including phenoxy) is 2. The number of rotatable bonds is 9. The third-order valence-electron chi connectivity index (χ3n) is 5.51. The van der Waals surface area contributed by atoms with Gasteiger partial charge in [0.15, 0.2) is 0 Å². The molecule has 3 unspecified atom stereocenters. The second kappa shape index (κ2) is 11.6. The highest BCUT2D eigenvalue weighted by Gasteiger charge is 2.33. The zero-order chi connectivity index (χ0) is 24.7. The van der Waals surface area contributed by atoms with Crippen LogP contribution in [0.15, 0.2) is 59.5 Å². The van der Waals surface area contributed by atoms with Crippen LogP contribution in [-0.4, -0.2) is 42.4 Å². The summed E-state index contributed by atoms with van der Waals surface area (Å²) >= 11 is 1.38. The van der Waals surface area contributed by atoms with Gasteiger partial charge in [0.1, 0.15) is 11.5 Å². The number of aliphatic carboxylic acids is 1. The van der Waals surface area contributed by atoms with Crippen molar-refractivity contribution >= 4 is 40.9 Å². The van der Waals surface area contributed by atoms with Gasteiger partial charge in [0.25, 0.3) is 0 Å². The molecule has 3 rings (SSSR count). The minimum absolute atomic E-state index is 0.178. The number of amides is 2. The fourth-order valence-corrected chi connectivity index (χ4v) is 4.48. The Bertz CT molecular complexity index is 1050. The van der Waals surface area contributed by atoms with Crippen LogP contribution in [0.25, 0.3) is 0 Å². The Kier molecular flexibility index (Phi) is 8.59. The third kappa shape index (κ3) is 6.54. The molecule has 180 valence electrons. The quantitative estimate of drug-likeness (QED) is 0.356. The zero-order valence-electron chi connectivity index (χ0n) is 19.2. The Hall–Kier alpha value is -3.46. The van der Waals surface area contributed by atoms with E-state index in [4.69, 9.17) is 9.47 Å². The van der Waals surface area contributed by atoms with Crippen LogP contribution in [0.1, 0.15) is 19.8 Å². The number of carboxylic acid groups (broad SMARTS) is 1. The molecule has 0 spiro atoms. The van der Waals surface area contributed by atoms with Crippen molar-refractivity contribution in [2.75, 3.05) is 24.9 Å². The van der Waals surface area contributed by atoms with Gasteiger partial charge in [-0.1, -0.05) is 12.2 Å². The van der Waals surface area contributed by atoms with Crippen molar-refractivity contribution in [2.45, 2.75) is 29.9 Å². The third-order valence-corrected chi connectivity index (χ3v) is 6.62. The first-order valence-corrected chi connectivity index (χ1v) is 11.7. The van der Waals surface area contributed by atoms with Crippen molar-refractivity contribution in [3.63, 3.8) is 0 Å². The number of carbonyl (C=O) groups excluding carboxylic acids is 2. The molecule has 2 amide bonds. The van der Waals surface area contributed by atoms with Crippen molar-refractivity contribution in [3.8, 4) is 11.5 Å². The minimum Gasteiger partial charge on any atom is -0.497 e. The zero-order valence-corrected chi connectivity index (χ0v) is 20.1. The highest BCUT2D eigenvalue weighted by molar-refractivity contribution is 8.00. The number of anilines is 2. The summed E-state index contributed by atoms with van der Waals surface area (Å²) in [5.74, 6) is -1.62. The molecule has 9 heteroatoms. The second-order valence-electron chi connectivity index (χ2n) is 7.86. The van der Waals surface area contributed by atoms with E-state index < -0.39 is 17.8 Å². The molecule has 34 heavy (non-hydrogen) atoms. The highest BCUT2D eigenvalue weighted by Crippen LogP contribution is 2.30. The highest BCUT2D eigenvalue weighted by atomic mass is 32.2. The SMILES string of the molecule is COc1cc(NC(=O)C(C)Sc2ccc(NC(=O)C3CC=CCC3C(=O)O)cc2)cc(OC)c1. The van der Waals surface area contributed by atoms with Gasteiger partial charge in [0, 0.05) is 34.5 Å². The van der Waals surface area contributed by atoms with Gasteiger partial charge in [-0.25, -0.2) is 0 Å². The van der Waals surface area contributed by atoms with Crippen molar-refractivity contribution in [1.82, 2.24) is 0 Å². The fourth-order valence-electron chi connectivity index (χ4n) is 3.61. The average molecular weight is 485 g/mol. The number of hydrogen-bond donors (Lipinski definition) is 3. The molecule has 8 nitrogen and oxygen atoms in total. The standard InChI is InChI=1S/C25H28N2O6S/c1-15(23(28)27-17-12-18(32-2)14-19(13-17)33-3)34-20-10-8-16(9-11-20)26-24(29)21-6-4-5-7-22(21)25(30)31/h4-5,8-15,21-22H,6-7H2,1-3H3,(H,26,29)(H,27,28)(H,30,31). The largest absolute Gasteiger partial charge is 0.497 e. The Labute approximate surface area is 202 Å². The van der Waals surface area contributed by atoms with Crippen molar-refractivity contribution in [3.05, 3.63) is 54.6 Å². The van der Waals surface area contributed by atoms with E-state index in [0.29, 0.717) is 35.7 Å². The van der Waals surface area contributed by atoms with Crippen LogP contribution in [0.2, 0.25) is 0 Å². The van der Waals surface area contributed by atoms with E-state index in [1.54, 1.807) is 57.6 Å². The first-order valence-electron chi connectivity index (χ1n) is 10.8. The summed E-state index contributed by atoms with van der Waals surface area (Å²) in [6, 6.07) is 12.3. The Balaban J connectivity index is 1.57. The van der Waals surface area contributed by atoms with Gasteiger partial charge in [-0.05, 0) is 44.0 Å². The predicted octanol–water partition coefficient (Wildman–Crippen LogP) is 4.43. The summed E-state index contributed by atoms with van der Waals surface area (Å²) in [5, 5.41) is 14.7.